The van der Waals surface area contributed by atoms with Crippen molar-refractivity contribution in [2.75, 3.05) is 23.7 Å². The number of nitrogens with zero attached hydrogens (tertiary/aromatic N) is 2. The Balaban J connectivity index is 2.22. The average molecular weight is 234 g/mol. The van der Waals surface area contributed by atoms with Crippen LogP contribution in [0.25, 0.3) is 0 Å². The maximum Gasteiger partial charge on any atom is 0.250 e. The third kappa shape index (κ3) is 2.33. The number of aromatic nitrogens is 1. The zero-order valence-electron chi connectivity index (χ0n) is 10.0. The summed E-state index contributed by atoms with van der Waals surface area (Å²) < 4.78 is 0. The first kappa shape index (κ1) is 11.7. The van der Waals surface area contributed by atoms with Crippen molar-refractivity contribution in [3.05, 3.63) is 17.8 Å². The van der Waals surface area contributed by atoms with Crippen LogP contribution >= 0.6 is 0 Å². The number of nitrogen functional groups attached to an aromatic ring is 1. The van der Waals surface area contributed by atoms with Crippen molar-refractivity contribution in [1.29, 1.82) is 0 Å². The topological polar surface area (TPSA) is 85.2 Å². The summed E-state index contributed by atoms with van der Waals surface area (Å²) in [4.78, 5) is 17.7. The molecule has 2 heterocycles. The van der Waals surface area contributed by atoms with Gasteiger partial charge in [0, 0.05) is 13.1 Å². The van der Waals surface area contributed by atoms with Crippen LogP contribution in [0.4, 0.5) is 11.5 Å². The molecular weight excluding hydrogens is 216 g/mol. The van der Waals surface area contributed by atoms with Crippen molar-refractivity contribution in [3.63, 3.8) is 0 Å². The summed E-state index contributed by atoms with van der Waals surface area (Å²) in [6.07, 6.45) is 3.86. The molecule has 1 aliphatic rings. The van der Waals surface area contributed by atoms with Gasteiger partial charge in [-0.3, -0.25) is 4.79 Å². The van der Waals surface area contributed by atoms with Gasteiger partial charge >= 0.3 is 0 Å². The minimum absolute atomic E-state index is 0.340. The highest BCUT2D eigenvalue weighted by Gasteiger charge is 2.22. The number of hydrogen-bond acceptors (Lipinski definition) is 4. The number of primary amides is 1. The quantitative estimate of drug-likeness (QED) is 0.817. The normalized spacial score (nSPS) is 19.6. The van der Waals surface area contributed by atoms with Crippen LogP contribution in [0, 0.1) is 5.92 Å². The Bertz CT molecular complexity index is 433. The SMILES string of the molecule is CCC1CCN(c2cc(C(N)=O)c(N)cn2)C1. The number of nitrogens with two attached hydrogens (primary N) is 2. The molecule has 1 amide bonds. The van der Waals surface area contributed by atoms with Gasteiger partial charge in [0.05, 0.1) is 17.4 Å². The number of carbonyl (C=O) groups excluding carboxylic acids is 1. The molecule has 0 aliphatic carbocycles. The van der Waals surface area contributed by atoms with Crippen LogP contribution in [0.3, 0.4) is 0 Å². The summed E-state index contributed by atoms with van der Waals surface area (Å²) in [6, 6.07) is 1.69. The van der Waals surface area contributed by atoms with E-state index in [-0.39, 0.29) is 0 Å². The van der Waals surface area contributed by atoms with Gasteiger partial charge in [-0.2, -0.15) is 0 Å². The molecule has 1 fully saturated rings. The van der Waals surface area contributed by atoms with Crippen molar-refractivity contribution in [2.45, 2.75) is 19.8 Å². The third-order valence-electron chi connectivity index (χ3n) is 3.37. The van der Waals surface area contributed by atoms with E-state index in [0.29, 0.717) is 17.2 Å². The molecule has 0 bridgehead atoms. The summed E-state index contributed by atoms with van der Waals surface area (Å²) in [5.41, 5.74) is 11.6. The Labute approximate surface area is 101 Å². The summed E-state index contributed by atoms with van der Waals surface area (Å²) in [5, 5.41) is 0. The fourth-order valence-corrected chi connectivity index (χ4v) is 2.22. The van der Waals surface area contributed by atoms with Crippen LogP contribution in [-0.4, -0.2) is 24.0 Å². The Hall–Kier alpha value is -1.78. The number of pyridine rings is 1. The number of rotatable bonds is 3. The molecule has 1 aromatic heterocycles. The van der Waals surface area contributed by atoms with Crippen LogP contribution in [0.5, 0.6) is 0 Å². The molecule has 1 unspecified atom stereocenters. The molecule has 0 radical (unpaired) electrons. The number of amides is 1. The first-order valence-electron chi connectivity index (χ1n) is 5.92. The maximum absolute atomic E-state index is 11.2. The van der Waals surface area contributed by atoms with Crippen molar-refractivity contribution in [2.24, 2.45) is 11.7 Å². The fourth-order valence-electron chi connectivity index (χ4n) is 2.22. The minimum Gasteiger partial charge on any atom is -0.397 e. The Morgan fingerprint density at radius 2 is 2.41 bits per heavy atom. The lowest BCUT2D eigenvalue weighted by Gasteiger charge is -2.18. The molecule has 1 atom stereocenters. The van der Waals surface area contributed by atoms with Gasteiger partial charge < -0.3 is 16.4 Å². The Morgan fingerprint density at radius 1 is 1.65 bits per heavy atom. The van der Waals surface area contributed by atoms with E-state index in [4.69, 9.17) is 11.5 Å². The standard InChI is InChI=1S/C12H18N4O/c1-2-8-3-4-16(7-8)11-5-9(12(14)17)10(13)6-15-11/h5-6,8H,2-4,7,13H2,1H3,(H2,14,17). The lowest BCUT2D eigenvalue weighted by Crippen LogP contribution is -2.22. The average Bonchev–Trinajstić information content (AvgIpc) is 2.78. The smallest absolute Gasteiger partial charge is 0.250 e. The molecule has 5 nitrogen and oxygen atoms in total. The first-order valence-corrected chi connectivity index (χ1v) is 5.92. The highest BCUT2D eigenvalue weighted by molar-refractivity contribution is 5.98. The largest absolute Gasteiger partial charge is 0.397 e. The van der Waals surface area contributed by atoms with E-state index < -0.39 is 5.91 Å². The Morgan fingerprint density at radius 3 is 3.00 bits per heavy atom. The molecule has 2 rings (SSSR count). The third-order valence-corrected chi connectivity index (χ3v) is 3.37. The van der Waals surface area contributed by atoms with Crippen molar-refractivity contribution in [3.8, 4) is 0 Å². The van der Waals surface area contributed by atoms with Gasteiger partial charge in [0.15, 0.2) is 0 Å². The molecule has 1 saturated heterocycles. The van der Waals surface area contributed by atoms with Crippen molar-refractivity contribution < 1.29 is 4.79 Å². The molecule has 92 valence electrons. The van der Waals surface area contributed by atoms with Gasteiger partial charge in [-0.25, -0.2) is 4.98 Å². The molecule has 5 heteroatoms. The number of anilines is 2. The van der Waals surface area contributed by atoms with E-state index in [1.165, 1.54) is 19.0 Å². The van der Waals surface area contributed by atoms with Gasteiger partial charge in [0.1, 0.15) is 5.82 Å². The maximum atomic E-state index is 11.2. The highest BCUT2D eigenvalue weighted by atomic mass is 16.1. The molecule has 4 N–H and O–H groups in total. The summed E-state index contributed by atoms with van der Waals surface area (Å²) >= 11 is 0. The summed E-state index contributed by atoms with van der Waals surface area (Å²) in [7, 11) is 0. The van der Waals surface area contributed by atoms with E-state index in [1.54, 1.807) is 6.07 Å². The van der Waals surface area contributed by atoms with Crippen LogP contribution < -0.4 is 16.4 Å². The van der Waals surface area contributed by atoms with Crippen LogP contribution in [0.2, 0.25) is 0 Å². The van der Waals surface area contributed by atoms with Crippen molar-refractivity contribution >= 4 is 17.4 Å². The molecule has 1 aliphatic heterocycles. The fraction of sp³-hybridized carbons (Fsp3) is 0.500. The molecule has 1 aromatic rings. The van der Waals surface area contributed by atoms with Crippen molar-refractivity contribution in [1.82, 2.24) is 4.98 Å². The van der Waals surface area contributed by atoms with E-state index in [0.717, 1.165) is 18.9 Å². The van der Waals surface area contributed by atoms with Gasteiger partial charge in [-0.15, -0.1) is 0 Å². The second kappa shape index (κ2) is 4.61. The first-order chi connectivity index (χ1) is 8.11. The van der Waals surface area contributed by atoms with E-state index in [1.807, 2.05) is 0 Å². The predicted molar refractivity (Wildman–Crippen MR) is 67.8 cm³/mol. The van der Waals surface area contributed by atoms with E-state index in [2.05, 4.69) is 16.8 Å². The minimum atomic E-state index is -0.502. The molecule has 17 heavy (non-hydrogen) atoms. The van der Waals surface area contributed by atoms with Crippen LogP contribution in [0.15, 0.2) is 12.3 Å². The summed E-state index contributed by atoms with van der Waals surface area (Å²) in [6.45, 7) is 4.17. The van der Waals surface area contributed by atoms with Crippen LogP contribution in [0.1, 0.15) is 30.1 Å². The zero-order valence-corrected chi connectivity index (χ0v) is 10.0. The molecule has 0 spiro atoms. The summed E-state index contributed by atoms with van der Waals surface area (Å²) in [5.74, 6) is 1.01. The van der Waals surface area contributed by atoms with Gasteiger partial charge in [-0.1, -0.05) is 13.3 Å². The number of carbonyl (C=O) groups is 1. The van der Waals surface area contributed by atoms with E-state index >= 15 is 0 Å². The van der Waals surface area contributed by atoms with Gasteiger partial charge in [0.2, 0.25) is 0 Å². The number of hydrogen-bond donors (Lipinski definition) is 2. The molecular formula is C12H18N4O. The second-order valence-electron chi connectivity index (χ2n) is 4.50. The van der Waals surface area contributed by atoms with Gasteiger partial charge in [0.25, 0.3) is 5.91 Å². The lowest BCUT2D eigenvalue weighted by atomic mass is 10.1. The Kier molecular flexibility index (Phi) is 3.17. The lowest BCUT2D eigenvalue weighted by molar-refractivity contribution is 0.100. The monoisotopic (exact) mass is 234 g/mol. The molecule has 0 saturated carbocycles. The van der Waals surface area contributed by atoms with E-state index in [9.17, 15) is 4.79 Å². The highest BCUT2D eigenvalue weighted by Crippen LogP contribution is 2.25. The molecule has 0 aromatic carbocycles. The van der Waals surface area contributed by atoms with Gasteiger partial charge in [-0.05, 0) is 18.4 Å². The van der Waals surface area contributed by atoms with Crippen LogP contribution in [-0.2, 0) is 0 Å². The zero-order chi connectivity index (χ0) is 12.4. The predicted octanol–water partition coefficient (Wildman–Crippen LogP) is 0.999. The second-order valence-corrected chi connectivity index (χ2v) is 4.50.